The van der Waals surface area contributed by atoms with Gasteiger partial charge in [-0.2, -0.15) is 0 Å². The molecule has 2 N–H and O–H groups in total. The SMILES string of the molecule is Nc1cn2cc(F)c(F)cc2n1. The van der Waals surface area contributed by atoms with Crippen LogP contribution in [0.25, 0.3) is 5.65 Å². The lowest BCUT2D eigenvalue weighted by molar-refractivity contribution is 0.503. The summed E-state index contributed by atoms with van der Waals surface area (Å²) in [5.74, 6) is -1.60. The summed E-state index contributed by atoms with van der Waals surface area (Å²) in [7, 11) is 0. The molecule has 2 aromatic rings. The minimum absolute atomic E-state index is 0.236. The molecule has 2 rings (SSSR count). The Balaban J connectivity index is 2.83. The molecular weight excluding hydrogens is 164 g/mol. The average Bonchev–Trinajstić information content (AvgIpc) is 2.30. The zero-order valence-corrected chi connectivity index (χ0v) is 5.96. The lowest BCUT2D eigenvalue weighted by Gasteiger charge is -1.93. The third-order valence-corrected chi connectivity index (χ3v) is 1.52. The van der Waals surface area contributed by atoms with Crippen molar-refractivity contribution in [2.75, 3.05) is 5.73 Å². The second-order valence-electron chi connectivity index (χ2n) is 2.40. The van der Waals surface area contributed by atoms with Gasteiger partial charge in [0, 0.05) is 12.3 Å². The minimum Gasteiger partial charge on any atom is -0.382 e. The molecule has 0 aliphatic rings. The summed E-state index contributed by atoms with van der Waals surface area (Å²) in [6, 6.07) is 0.992. The number of nitrogen functional groups attached to an aromatic ring is 1. The molecule has 0 atom stereocenters. The Morgan fingerprint density at radius 2 is 2.00 bits per heavy atom. The molecule has 12 heavy (non-hydrogen) atoms. The summed E-state index contributed by atoms with van der Waals surface area (Å²) >= 11 is 0. The van der Waals surface area contributed by atoms with Gasteiger partial charge in [-0.15, -0.1) is 0 Å². The predicted octanol–water partition coefficient (Wildman–Crippen LogP) is 1.19. The van der Waals surface area contributed by atoms with Gasteiger partial charge in [-0.3, -0.25) is 0 Å². The summed E-state index contributed by atoms with van der Waals surface area (Å²) in [4.78, 5) is 3.75. The van der Waals surface area contributed by atoms with Crippen LogP contribution in [0.15, 0.2) is 18.5 Å². The van der Waals surface area contributed by atoms with E-state index in [9.17, 15) is 8.78 Å². The van der Waals surface area contributed by atoms with E-state index in [4.69, 9.17) is 5.73 Å². The van der Waals surface area contributed by atoms with Crippen LogP contribution in [-0.4, -0.2) is 9.38 Å². The topological polar surface area (TPSA) is 43.3 Å². The van der Waals surface area contributed by atoms with Crippen LogP contribution in [-0.2, 0) is 0 Å². The molecule has 0 saturated heterocycles. The van der Waals surface area contributed by atoms with Crippen LogP contribution in [0.5, 0.6) is 0 Å². The molecule has 3 nitrogen and oxygen atoms in total. The normalized spacial score (nSPS) is 10.8. The second-order valence-corrected chi connectivity index (χ2v) is 2.40. The van der Waals surface area contributed by atoms with Crippen molar-refractivity contribution in [1.82, 2.24) is 9.38 Å². The maximum atomic E-state index is 12.6. The van der Waals surface area contributed by atoms with Crippen LogP contribution < -0.4 is 5.73 Å². The molecule has 62 valence electrons. The zero-order chi connectivity index (χ0) is 8.72. The lowest BCUT2D eigenvalue weighted by atomic mass is 10.4. The highest BCUT2D eigenvalue weighted by molar-refractivity contribution is 5.46. The van der Waals surface area contributed by atoms with Crippen LogP contribution in [0.3, 0.4) is 0 Å². The number of anilines is 1. The maximum Gasteiger partial charge on any atom is 0.175 e. The van der Waals surface area contributed by atoms with Gasteiger partial charge in [0.2, 0.25) is 0 Å². The fourth-order valence-electron chi connectivity index (χ4n) is 1.00. The molecule has 5 heteroatoms. The third-order valence-electron chi connectivity index (χ3n) is 1.52. The number of fused-ring (bicyclic) bond motifs is 1. The van der Waals surface area contributed by atoms with Crippen LogP contribution in [0.4, 0.5) is 14.6 Å². The Morgan fingerprint density at radius 3 is 2.75 bits per heavy atom. The van der Waals surface area contributed by atoms with Crippen LogP contribution in [0.2, 0.25) is 0 Å². The summed E-state index contributed by atoms with van der Waals surface area (Å²) in [6.45, 7) is 0. The molecule has 2 heterocycles. The van der Waals surface area contributed by atoms with Gasteiger partial charge in [-0.25, -0.2) is 13.8 Å². The van der Waals surface area contributed by atoms with Crippen LogP contribution in [0, 0.1) is 11.6 Å². The number of aromatic nitrogens is 2. The number of pyridine rings is 1. The van der Waals surface area contributed by atoms with Crippen molar-refractivity contribution in [3.8, 4) is 0 Å². The van der Waals surface area contributed by atoms with Crippen LogP contribution in [0.1, 0.15) is 0 Å². The number of imidazole rings is 1. The molecule has 2 aromatic heterocycles. The molecule has 0 aromatic carbocycles. The molecule has 0 saturated carbocycles. The van der Waals surface area contributed by atoms with E-state index in [0.29, 0.717) is 5.65 Å². The smallest absolute Gasteiger partial charge is 0.175 e. The first-order valence-corrected chi connectivity index (χ1v) is 3.26. The maximum absolute atomic E-state index is 12.6. The van der Waals surface area contributed by atoms with E-state index in [1.165, 1.54) is 10.6 Å². The molecule has 0 aliphatic heterocycles. The highest BCUT2D eigenvalue weighted by atomic mass is 19.2. The van der Waals surface area contributed by atoms with Gasteiger partial charge in [-0.05, 0) is 0 Å². The van der Waals surface area contributed by atoms with Crippen molar-refractivity contribution in [2.24, 2.45) is 0 Å². The van der Waals surface area contributed by atoms with Gasteiger partial charge in [0.25, 0.3) is 0 Å². The van der Waals surface area contributed by atoms with Gasteiger partial charge < -0.3 is 10.1 Å². The Morgan fingerprint density at radius 1 is 1.25 bits per heavy atom. The summed E-state index contributed by atoms with van der Waals surface area (Å²) in [5.41, 5.74) is 5.61. The minimum atomic E-state index is -0.923. The van der Waals surface area contributed by atoms with E-state index >= 15 is 0 Å². The van der Waals surface area contributed by atoms with E-state index in [1.807, 2.05) is 0 Å². The standard InChI is InChI=1S/C7H5F2N3/c8-4-1-7-11-6(10)3-12(7)2-5(4)9/h1-3H,10H2. The molecule has 0 amide bonds. The third kappa shape index (κ3) is 0.903. The number of hydrogen-bond acceptors (Lipinski definition) is 2. The first-order chi connectivity index (χ1) is 5.66. The fourth-order valence-corrected chi connectivity index (χ4v) is 1.00. The van der Waals surface area contributed by atoms with E-state index in [0.717, 1.165) is 12.3 Å². The summed E-state index contributed by atoms with van der Waals surface area (Å²) < 4.78 is 26.5. The highest BCUT2D eigenvalue weighted by Crippen LogP contribution is 2.11. The monoisotopic (exact) mass is 169 g/mol. The Kier molecular flexibility index (Phi) is 1.27. The second kappa shape index (κ2) is 2.17. The lowest BCUT2D eigenvalue weighted by Crippen LogP contribution is -1.89. The van der Waals surface area contributed by atoms with E-state index in [-0.39, 0.29) is 5.82 Å². The summed E-state index contributed by atoms with van der Waals surface area (Å²) in [6.07, 6.45) is 2.41. The van der Waals surface area contributed by atoms with Gasteiger partial charge >= 0.3 is 0 Å². The number of rotatable bonds is 0. The first-order valence-electron chi connectivity index (χ1n) is 3.26. The molecule has 0 fully saturated rings. The van der Waals surface area contributed by atoms with E-state index in [2.05, 4.69) is 4.98 Å². The van der Waals surface area contributed by atoms with Crippen molar-refractivity contribution in [3.63, 3.8) is 0 Å². The average molecular weight is 169 g/mol. The summed E-state index contributed by atoms with van der Waals surface area (Å²) in [5, 5.41) is 0. The van der Waals surface area contributed by atoms with E-state index in [1.54, 1.807) is 0 Å². The molecule has 0 spiro atoms. The number of halogens is 2. The molecule has 0 radical (unpaired) electrons. The fraction of sp³-hybridized carbons (Fsp3) is 0. The highest BCUT2D eigenvalue weighted by Gasteiger charge is 2.05. The predicted molar refractivity (Wildman–Crippen MR) is 39.5 cm³/mol. The van der Waals surface area contributed by atoms with Gasteiger partial charge in [0.15, 0.2) is 11.6 Å². The van der Waals surface area contributed by atoms with E-state index < -0.39 is 11.6 Å². The largest absolute Gasteiger partial charge is 0.382 e. The van der Waals surface area contributed by atoms with Gasteiger partial charge in [0.1, 0.15) is 11.5 Å². The van der Waals surface area contributed by atoms with Gasteiger partial charge in [-0.1, -0.05) is 0 Å². The van der Waals surface area contributed by atoms with Gasteiger partial charge in [0.05, 0.1) is 6.20 Å². The molecule has 0 unspecified atom stereocenters. The Hall–Kier alpha value is -1.65. The molecular formula is C7H5F2N3. The van der Waals surface area contributed by atoms with Crippen molar-refractivity contribution in [1.29, 1.82) is 0 Å². The van der Waals surface area contributed by atoms with Crippen molar-refractivity contribution in [2.45, 2.75) is 0 Å². The quantitative estimate of drug-likeness (QED) is 0.643. The first kappa shape index (κ1) is 7.02. The Labute approximate surface area is 66.4 Å². The Bertz CT molecular complexity index is 396. The number of nitrogens with two attached hydrogens (primary N) is 1. The number of hydrogen-bond donors (Lipinski definition) is 1. The van der Waals surface area contributed by atoms with Crippen molar-refractivity contribution in [3.05, 3.63) is 30.1 Å². The van der Waals surface area contributed by atoms with Crippen molar-refractivity contribution >= 4 is 11.5 Å². The van der Waals surface area contributed by atoms with Crippen LogP contribution >= 0.6 is 0 Å². The molecule has 0 aliphatic carbocycles. The molecule has 0 bridgehead atoms. The number of nitrogens with zero attached hydrogens (tertiary/aromatic N) is 2. The van der Waals surface area contributed by atoms with Crippen molar-refractivity contribution < 1.29 is 8.78 Å². The zero-order valence-electron chi connectivity index (χ0n) is 5.96.